The van der Waals surface area contributed by atoms with Crippen molar-refractivity contribution in [2.24, 2.45) is 0 Å². The van der Waals surface area contributed by atoms with E-state index in [9.17, 15) is 0 Å². The number of nitrogens with zero attached hydrogens (tertiary/aromatic N) is 1. The van der Waals surface area contributed by atoms with E-state index in [2.05, 4.69) is 65.0 Å². The summed E-state index contributed by atoms with van der Waals surface area (Å²) in [6, 6.07) is 17.2. The van der Waals surface area contributed by atoms with Crippen molar-refractivity contribution in [3.8, 4) is 0 Å². The molecule has 2 saturated heterocycles. The van der Waals surface area contributed by atoms with Gasteiger partial charge in [-0.2, -0.15) is 0 Å². The zero-order valence-corrected chi connectivity index (χ0v) is 20.1. The predicted octanol–water partition coefficient (Wildman–Crippen LogP) is 5.61. The molecule has 3 nitrogen and oxygen atoms in total. The van der Waals surface area contributed by atoms with E-state index >= 15 is 0 Å². The highest BCUT2D eigenvalue weighted by Crippen LogP contribution is 2.39. The quantitative estimate of drug-likeness (QED) is 0.563. The number of rotatable bonds is 7. The first kappa shape index (κ1) is 23.1. The van der Waals surface area contributed by atoms with Gasteiger partial charge < -0.3 is 15.5 Å². The molecule has 0 bridgehead atoms. The zero-order valence-electron chi connectivity index (χ0n) is 18.6. The van der Waals surface area contributed by atoms with Crippen LogP contribution in [0.1, 0.15) is 49.7 Å². The maximum atomic E-state index is 6.38. The van der Waals surface area contributed by atoms with Crippen LogP contribution in [-0.4, -0.2) is 44.7 Å². The Labute approximate surface area is 197 Å². The highest BCUT2D eigenvalue weighted by atomic mass is 35.5. The van der Waals surface area contributed by atoms with Gasteiger partial charge in [0.15, 0.2) is 0 Å². The second kappa shape index (κ2) is 10.2. The average Bonchev–Trinajstić information content (AvgIpc) is 2.82. The summed E-state index contributed by atoms with van der Waals surface area (Å²) in [5, 5.41) is 8.59. The molecule has 4 rings (SSSR count). The van der Waals surface area contributed by atoms with Crippen LogP contribution in [0.2, 0.25) is 10.0 Å². The summed E-state index contributed by atoms with van der Waals surface area (Å²) < 4.78 is 0. The molecule has 2 N–H and O–H groups in total. The van der Waals surface area contributed by atoms with Crippen LogP contribution >= 0.6 is 23.2 Å². The Bertz CT molecular complexity index is 841. The first-order valence-electron chi connectivity index (χ1n) is 11.7. The van der Waals surface area contributed by atoms with Crippen LogP contribution in [0.25, 0.3) is 0 Å². The Morgan fingerprint density at radius 3 is 2.39 bits per heavy atom. The normalized spacial score (nSPS) is 24.2. The van der Waals surface area contributed by atoms with E-state index in [1.165, 1.54) is 36.8 Å². The standard InChI is InChI=1S/C26H35Cl2N3/c1-29-26(21-7-3-2-4-8-21)13-17-31(18-14-26)16-6-12-25(11-5-15-30-20-25)22-9-10-23(27)24(28)19-22/h2-4,7-10,19,29-30H,5-6,11-18,20H2,1H3/t25-/m0/s1. The van der Waals surface area contributed by atoms with Gasteiger partial charge in [-0.1, -0.05) is 59.6 Å². The van der Waals surface area contributed by atoms with Crippen molar-refractivity contribution in [3.05, 3.63) is 69.7 Å². The summed E-state index contributed by atoms with van der Waals surface area (Å²) in [6.07, 6.45) is 7.14. The molecule has 0 aliphatic carbocycles. The van der Waals surface area contributed by atoms with Crippen molar-refractivity contribution >= 4 is 23.2 Å². The lowest BCUT2D eigenvalue weighted by Crippen LogP contribution is -2.50. The third-order valence-electron chi connectivity index (χ3n) is 7.65. The minimum Gasteiger partial charge on any atom is -0.316 e. The minimum absolute atomic E-state index is 0.117. The van der Waals surface area contributed by atoms with Crippen molar-refractivity contribution in [1.29, 1.82) is 0 Å². The van der Waals surface area contributed by atoms with Gasteiger partial charge >= 0.3 is 0 Å². The van der Waals surface area contributed by atoms with Crippen LogP contribution in [0.15, 0.2) is 48.5 Å². The molecule has 2 aromatic carbocycles. The topological polar surface area (TPSA) is 27.3 Å². The van der Waals surface area contributed by atoms with Crippen molar-refractivity contribution in [2.45, 2.75) is 49.5 Å². The molecule has 2 heterocycles. The fourth-order valence-corrected chi connectivity index (χ4v) is 5.94. The largest absolute Gasteiger partial charge is 0.316 e. The summed E-state index contributed by atoms with van der Waals surface area (Å²) in [5.74, 6) is 0. The lowest BCUT2D eigenvalue weighted by molar-refractivity contribution is 0.134. The first-order valence-corrected chi connectivity index (χ1v) is 12.5. The molecular formula is C26H35Cl2N3. The van der Waals surface area contributed by atoms with Gasteiger partial charge in [-0.3, -0.25) is 0 Å². The molecule has 0 aromatic heterocycles. The highest BCUT2D eigenvalue weighted by Gasteiger charge is 2.36. The summed E-state index contributed by atoms with van der Waals surface area (Å²) >= 11 is 12.6. The predicted molar refractivity (Wildman–Crippen MR) is 132 cm³/mol. The molecule has 1 atom stereocenters. The number of benzene rings is 2. The number of piperidine rings is 2. The van der Waals surface area contributed by atoms with E-state index < -0.39 is 0 Å². The van der Waals surface area contributed by atoms with E-state index in [0.29, 0.717) is 10.0 Å². The van der Waals surface area contributed by atoms with E-state index in [1.807, 2.05) is 6.07 Å². The summed E-state index contributed by atoms with van der Waals surface area (Å²) in [4.78, 5) is 2.65. The van der Waals surface area contributed by atoms with Crippen molar-refractivity contribution < 1.29 is 0 Å². The Kier molecular flexibility index (Phi) is 7.61. The highest BCUT2D eigenvalue weighted by molar-refractivity contribution is 6.42. The molecule has 0 spiro atoms. The molecule has 168 valence electrons. The number of halogens is 2. The Hall–Kier alpha value is -1.10. The number of hydrogen-bond acceptors (Lipinski definition) is 3. The molecule has 5 heteroatoms. The Morgan fingerprint density at radius 2 is 1.74 bits per heavy atom. The summed E-state index contributed by atoms with van der Waals surface area (Å²) in [7, 11) is 2.11. The van der Waals surface area contributed by atoms with Crippen LogP contribution in [0.5, 0.6) is 0 Å². The lowest BCUT2D eigenvalue weighted by Gasteiger charge is -2.43. The van der Waals surface area contributed by atoms with Gasteiger partial charge in [-0.25, -0.2) is 0 Å². The number of hydrogen-bond donors (Lipinski definition) is 2. The zero-order chi connectivity index (χ0) is 21.7. The smallest absolute Gasteiger partial charge is 0.0595 e. The SMILES string of the molecule is CNC1(c2ccccc2)CCN(CCC[C@@]2(c3ccc(Cl)c(Cl)c3)CCCNC2)CC1. The van der Waals surface area contributed by atoms with Crippen molar-refractivity contribution in [3.63, 3.8) is 0 Å². The maximum Gasteiger partial charge on any atom is 0.0595 e. The molecule has 2 aliphatic heterocycles. The molecule has 2 aromatic rings. The van der Waals surface area contributed by atoms with Gasteiger partial charge in [0.05, 0.1) is 10.0 Å². The monoisotopic (exact) mass is 459 g/mol. The molecule has 31 heavy (non-hydrogen) atoms. The molecule has 0 amide bonds. The molecule has 0 radical (unpaired) electrons. The van der Waals surface area contributed by atoms with Gasteiger partial charge in [-0.15, -0.1) is 0 Å². The first-order chi connectivity index (χ1) is 15.1. The lowest BCUT2D eigenvalue weighted by atomic mass is 9.71. The van der Waals surface area contributed by atoms with Gasteiger partial charge in [0.2, 0.25) is 0 Å². The molecule has 0 saturated carbocycles. The Balaban J connectivity index is 1.36. The van der Waals surface area contributed by atoms with Crippen molar-refractivity contribution in [1.82, 2.24) is 15.5 Å². The molecular weight excluding hydrogens is 425 g/mol. The third kappa shape index (κ3) is 5.12. The molecule has 2 aliphatic rings. The van der Waals surface area contributed by atoms with Gasteiger partial charge in [0.1, 0.15) is 0 Å². The van der Waals surface area contributed by atoms with Gasteiger partial charge in [0, 0.05) is 30.6 Å². The number of likely N-dealkylation sites (tertiary alicyclic amines) is 1. The third-order valence-corrected chi connectivity index (χ3v) is 8.39. The second-order valence-electron chi connectivity index (χ2n) is 9.33. The summed E-state index contributed by atoms with van der Waals surface area (Å²) in [6.45, 7) is 5.60. The van der Waals surface area contributed by atoms with E-state index in [0.717, 1.165) is 45.6 Å². The molecule has 0 unspecified atom stereocenters. The number of nitrogens with one attached hydrogen (secondary N) is 2. The van der Waals surface area contributed by atoms with E-state index in [1.54, 1.807) is 0 Å². The van der Waals surface area contributed by atoms with E-state index in [-0.39, 0.29) is 11.0 Å². The Morgan fingerprint density at radius 1 is 0.968 bits per heavy atom. The molecule has 2 fully saturated rings. The van der Waals surface area contributed by atoms with Gasteiger partial charge in [0.25, 0.3) is 0 Å². The maximum absolute atomic E-state index is 6.38. The van der Waals surface area contributed by atoms with Crippen LogP contribution in [0, 0.1) is 0 Å². The van der Waals surface area contributed by atoms with Gasteiger partial charge in [-0.05, 0) is 81.9 Å². The van der Waals surface area contributed by atoms with Crippen LogP contribution in [0.4, 0.5) is 0 Å². The summed E-state index contributed by atoms with van der Waals surface area (Å²) in [5.41, 5.74) is 3.04. The minimum atomic E-state index is 0.117. The van der Waals surface area contributed by atoms with E-state index in [4.69, 9.17) is 23.2 Å². The fourth-order valence-electron chi connectivity index (χ4n) is 5.64. The van der Waals surface area contributed by atoms with Crippen molar-refractivity contribution in [2.75, 3.05) is 39.8 Å². The van der Waals surface area contributed by atoms with Crippen LogP contribution < -0.4 is 10.6 Å². The van der Waals surface area contributed by atoms with Crippen LogP contribution in [-0.2, 0) is 11.0 Å². The van der Waals surface area contributed by atoms with Crippen LogP contribution in [0.3, 0.4) is 0 Å². The second-order valence-corrected chi connectivity index (χ2v) is 10.1. The fraction of sp³-hybridized carbons (Fsp3) is 0.538. The average molecular weight is 460 g/mol.